The number of anilines is 1. The van der Waals surface area contributed by atoms with E-state index >= 15 is 0 Å². The molecule has 1 heterocycles. The first-order valence-corrected chi connectivity index (χ1v) is 5.22. The van der Waals surface area contributed by atoms with Crippen LogP contribution >= 0.6 is 11.6 Å². The summed E-state index contributed by atoms with van der Waals surface area (Å²) in [6, 6.07) is 3.66. The number of rotatable bonds is 3. The van der Waals surface area contributed by atoms with Gasteiger partial charge in [0.2, 0.25) is 0 Å². The Labute approximate surface area is 88.7 Å². The molecule has 3 nitrogen and oxygen atoms in total. The average molecular weight is 212 g/mol. The van der Waals surface area contributed by atoms with E-state index in [9.17, 15) is 0 Å². The highest BCUT2D eigenvalue weighted by molar-refractivity contribution is 6.32. The Morgan fingerprint density at radius 3 is 2.86 bits per heavy atom. The number of pyridine rings is 1. The van der Waals surface area contributed by atoms with Crippen molar-refractivity contribution in [2.75, 3.05) is 11.9 Å². The molecule has 0 spiro atoms. The van der Waals surface area contributed by atoms with Gasteiger partial charge in [-0.25, -0.2) is 4.98 Å². The zero-order valence-electron chi connectivity index (χ0n) is 7.96. The van der Waals surface area contributed by atoms with E-state index < -0.39 is 0 Å². The second-order valence-corrected chi connectivity index (χ2v) is 4.20. The summed E-state index contributed by atoms with van der Waals surface area (Å²) >= 11 is 6.00. The normalized spacial score (nSPS) is 18.7. The number of halogens is 1. The minimum Gasteiger partial charge on any atom is -0.362 e. The van der Waals surface area contributed by atoms with Crippen LogP contribution in [0, 0.1) is 0 Å². The summed E-state index contributed by atoms with van der Waals surface area (Å²) in [7, 11) is 0. The fraction of sp³-hybridized carbons (Fsp3) is 0.500. The maximum Gasteiger partial charge on any atom is 0.145 e. The second kappa shape index (κ2) is 3.75. The fourth-order valence-electron chi connectivity index (χ4n) is 1.71. The van der Waals surface area contributed by atoms with E-state index in [1.54, 1.807) is 6.20 Å². The molecule has 1 fully saturated rings. The van der Waals surface area contributed by atoms with Crippen molar-refractivity contribution in [1.82, 2.24) is 4.98 Å². The van der Waals surface area contributed by atoms with Gasteiger partial charge in [0.25, 0.3) is 0 Å². The fourth-order valence-corrected chi connectivity index (χ4v) is 1.88. The van der Waals surface area contributed by atoms with Crippen LogP contribution in [-0.2, 0) is 0 Å². The number of nitrogens with one attached hydrogen (secondary N) is 1. The maximum atomic E-state index is 6.00. The molecule has 0 radical (unpaired) electrons. The van der Waals surface area contributed by atoms with Gasteiger partial charge in [0.1, 0.15) is 5.82 Å². The van der Waals surface area contributed by atoms with Crippen molar-refractivity contribution in [1.29, 1.82) is 0 Å². The third-order valence-electron chi connectivity index (χ3n) is 2.84. The molecular weight excluding hydrogens is 198 g/mol. The van der Waals surface area contributed by atoms with Crippen molar-refractivity contribution < 1.29 is 0 Å². The highest BCUT2D eigenvalue weighted by Gasteiger charge is 2.35. The molecule has 0 aromatic carbocycles. The molecule has 2 rings (SSSR count). The monoisotopic (exact) mass is 211 g/mol. The average Bonchev–Trinajstić information content (AvgIpc) is 2.14. The van der Waals surface area contributed by atoms with Crippen molar-refractivity contribution in [3.8, 4) is 0 Å². The van der Waals surface area contributed by atoms with E-state index in [4.69, 9.17) is 17.3 Å². The number of nitrogens with zero attached hydrogens (tertiary/aromatic N) is 1. The van der Waals surface area contributed by atoms with Crippen LogP contribution in [0.4, 0.5) is 5.82 Å². The molecule has 1 aromatic rings. The largest absolute Gasteiger partial charge is 0.362 e. The zero-order chi connectivity index (χ0) is 10.0. The van der Waals surface area contributed by atoms with Gasteiger partial charge in [0, 0.05) is 12.7 Å². The lowest BCUT2D eigenvalue weighted by molar-refractivity contribution is 0.286. The topological polar surface area (TPSA) is 50.9 Å². The van der Waals surface area contributed by atoms with Crippen LogP contribution in [-0.4, -0.2) is 17.1 Å². The molecule has 1 aliphatic carbocycles. The van der Waals surface area contributed by atoms with E-state index in [0.29, 0.717) is 11.6 Å². The van der Waals surface area contributed by atoms with Gasteiger partial charge >= 0.3 is 0 Å². The lowest BCUT2D eigenvalue weighted by Crippen LogP contribution is -2.51. The van der Waals surface area contributed by atoms with Gasteiger partial charge in [-0.1, -0.05) is 11.6 Å². The third kappa shape index (κ3) is 1.70. The van der Waals surface area contributed by atoms with Crippen LogP contribution in [0.3, 0.4) is 0 Å². The van der Waals surface area contributed by atoms with Crippen molar-refractivity contribution in [3.05, 3.63) is 23.4 Å². The van der Waals surface area contributed by atoms with Crippen LogP contribution in [0.15, 0.2) is 18.3 Å². The van der Waals surface area contributed by atoms with Crippen LogP contribution in [0.1, 0.15) is 19.3 Å². The first-order valence-electron chi connectivity index (χ1n) is 4.85. The Balaban J connectivity index is 2.13. The van der Waals surface area contributed by atoms with Crippen LogP contribution in [0.2, 0.25) is 5.02 Å². The highest BCUT2D eigenvalue weighted by atomic mass is 35.5. The van der Waals surface area contributed by atoms with E-state index in [1.807, 2.05) is 12.1 Å². The second-order valence-electron chi connectivity index (χ2n) is 3.80. The van der Waals surface area contributed by atoms with Crippen molar-refractivity contribution in [2.45, 2.75) is 24.8 Å². The molecule has 1 aromatic heterocycles. The van der Waals surface area contributed by atoms with Crippen LogP contribution < -0.4 is 11.1 Å². The minimum absolute atomic E-state index is 0.0397. The molecule has 3 N–H and O–H groups in total. The molecule has 1 saturated carbocycles. The van der Waals surface area contributed by atoms with Crippen LogP contribution in [0.5, 0.6) is 0 Å². The molecule has 0 atom stereocenters. The molecule has 4 heteroatoms. The lowest BCUT2D eigenvalue weighted by atomic mass is 9.77. The van der Waals surface area contributed by atoms with Crippen molar-refractivity contribution >= 4 is 17.4 Å². The first-order chi connectivity index (χ1) is 6.76. The van der Waals surface area contributed by atoms with Crippen LogP contribution in [0.25, 0.3) is 0 Å². The number of aromatic nitrogens is 1. The van der Waals surface area contributed by atoms with Crippen molar-refractivity contribution in [2.24, 2.45) is 5.73 Å². The maximum absolute atomic E-state index is 6.00. The Hall–Kier alpha value is -0.800. The molecule has 0 unspecified atom stereocenters. The highest BCUT2D eigenvalue weighted by Crippen LogP contribution is 2.35. The summed E-state index contributed by atoms with van der Waals surface area (Å²) in [5.74, 6) is 0.749. The Kier molecular flexibility index (Phi) is 2.61. The van der Waals surface area contributed by atoms with Gasteiger partial charge < -0.3 is 11.1 Å². The molecule has 14 heavy (non-hydrogen) atoms. The van der Waals surface area contributed by atoms with E-state index in [1.165, 1.54) is 6.42 Å². The molecule has 0 amide bonds. The molecule has 1 aliphatic rings. The summed E-state index contributed by atoms with van der Waals surface area (Å²) in [4.78, 5) is 4.19. The van der Waals surface area contributed by atoms with E-state index in [2.05, 4.69) is 10.3 Å². The Bertz CT molecular complexity index is 317. The molecular formula is C10H14ClN3. The summed E-state index contributed by atoms with van der Waals surface area (Å²) in [6.45, 7) is 0.639. The summed E-state index contributed by atoms with van der Waals surface area (Å²) in [5.41, 5.74) is 5.77. The first kappa shape index (κ1) is 9.74. The number of nitrogens with two attached hydrogens (primary N) is 1. The minimum atomic E-state index is 0.0397. The zero-order valence-corrected chi connectivity index (χ0v) is 8.72. The number of hydrogen-bond donors (Lipinski definition) is 2. The molecule has 0 aliphatic heterocycles. The predicted molar refractivity (Wildman–Crippen MR) is 58.5 cm³/mol. The smallest absolute Gasteiger partial charge is 0.145 e. The summed E-state index contributed by atoms with van der Waals surface area (Å²) < 4.78 is 0. The van der Waals surface area contributed by atoms with Crippen molar-refractivity contribution in [3.63, 3.8) is 0 Å². The van der Waals surface area contributed by atoms with Gasteiger partial charge in [0.05, 0.1) is 10.6 Å². The predicted octanol–water partition coefficient (Wildman–Crippen LogP) is 2.03. The number of hydrogen-bond acceptors (Lipinski definition) is 3. The Morgan fingerprint density at radius 1 is 1.57 bits per heavy atom. The van der Waals surface area contributed by atoms with E-state index in [-0.39, 0.29) is 5.54 Å². The summed E-state index contributed by atoms with van der Waals surface area (Å²) in [5, 5.41) is 4.00. The summed E-state index contributed by atoms with van der Waals surface area (Å²) in [6.07, 6.45) is 5.18. The standard InChI is InChI=1S/C10H14ClN3/c11-8-3-1-6-13-9(8)14-10(7-12)4-2-5-10/h1,3,6H,2,4-5,7,12H2,(H,13,14). The van der Waals surface area contributed by atoms with Gasteiger partial charge in [-0.05, 0) is 31.4 Å². The Morgan fingerprint density at radius 2 is 2.36 bits per heavy atom. The molecule has 0 saturated heterocycles. The van der Waals surface area contributed by atoms with Gasteiger partial charge in [0.15, 0.2) is 0 Å². The SMILES string of the molecule is NCC1(Nc2ncccc2Cl)CCC1. The van der Waals surface area contributed by atoms with Gasteiger partial charge in [-0.3, -0.25) is 0 Å². The van der Waals surface area contributed by atoms with E-state index in [0.717, 1.165) is 18.7 Å². The lowest BCUT2D eigenvalue weighted by Gasteiger charge is -2.42. The quantitative estimate of drug-likeness (QED) is 0.805. The molecule has 0 bridgehead atoms. The van der Waals surface area contributed by atoms with Gasteiger partial charge in [-0.15, -0.1) is 0 Å². The third-order valence-corrected chi connectivity index (χ3v) is 3.15. The molecule has 76 valence electrons. The van der Waals surface area contributed by atoms with Gasteiger partial charge in [-0.2, -0.15) is 0 Å².